The molecule has 1 saturated heterocycles. The summed E-state index contributed by atoms with van der Waals surface area (Å²) in [7, 11) is 0. The highest BCUT2D eigenvalue weighted by molar-refractivity contribution is 5.69. The van der Waals surface area contributed by atoms with Crippen LogP contribution < -0.4 is 5.32 Å². The van der Waals surface area contributed by atoms with Crippen molar-refractivity contribution in [1.82, 2.24) is 10.2 Å². The van der Waals surface area contributed by atoms with Gasteiger partial charge in [0.1, 0.15) is 5.60 Å². The Hall–Kier alpha value is -1.69. The van der Waals surface area contributed by atoms with Crippen molar-refractivity contribution in [2.75, 3.05) is 19.6 Å². The average Bonchev–Trinajstić information content (AvgIpc) is 2.40. The lowest BCUT2D eigenvalue weighted by Gasteiger charge is -2.37. The molecule has 0 bridgehead atoms. The summed E-state index contributed by atoms with van der Waals surface area (Å²) in [6, 6.07) is 3.42. The molecule has 4 nitrogen and oxygen atoms in total. The van der Waals surface area contributed by atoms with Crippen LogP contribution in [0.15, 0.2) is 18.2 Å². The Morgan fingerprint density at radius 2 is 2.10 bits per heavy atom. The molecule has 1 aromatic carbocycles. The minimum atomic E-state index is -0.917. The Balaban J connectivity index is 2.27. The van der Waals surface area contributed by atoms with Gasteiger partial charge in [0.05, 0.1) is 6.04 Å². The summed E-state index contributed by atoms with van der Waals surface area (Å²) < 4.78 is 32.7. The van der Waals surface area contributed by atoms with E-state index in [0.717, 1.165) is 6.07 Å². The first kappa shape index (κ1) is 15.7. The van der Waals surface area contributed by atoms with Gasteiger partial charge in [-0.3, -0.25) is 4.90 Å². The quantitative estimate of drug-likeness (QED) is 0.867. The zero-order valence-corrected chi connectivity index (χ0v) is 12.5. The Morgan fingerprint density at radius 3 is 2.76 bits per heavy atom. The average molecular weight is 298 g/mol. The number of rotatable bonds is 1. The monoisotopic (exact) mass is 298 g/mol. The van der Waals surface area contributed by atoms with Crippen molar-refractivity contribution in [2.45, 2.75) is 32.4 Å². The molecule has 116 valence electrons. The summed E-state index contributed by atoms with van der Waals surface area (Å²) in [4.78, 5) is 13.7. The van der Waals surface area contributed by atoms with Crippen LogP contribution in [0.1, 0.15) is 32.4 Å². The molecule has 6 heteroatoms. The molecule has 0 aromatic heterocycles. The highest BCUT2D eigenvalue weighted by atomic mass is 19.2. The predicted molar refractivity (Wildman–Crippen MR) is 74.9 cm³/mol. The number of halogens is 2. The van der Waals surface area contributed by atoms with Gasteiger partial charge in [-0.1, -0.05) is 12.1 Å². The number of carbonyl (C=O) groups is 1. The van der Waals surface area contributed by atoms with Crippen LogP contribution in [0, 0.1) is 11.6 Å². The molecular weight excluding hydrogens is 278 g/mol. The molecule has 21 heavy (non-hydrogen) atoms. The normalized spacial score (nSPS) is 19.5. The summed E-state index contributed by atoms with van der Waals surface area (Å²) in [6.45, 7) is 6.64. The number of ether oxygens (including phenoxy) is 1. The van der Waals surface area contributed by atoms with Crippen molar-refractivity contribution in [3.63, 3.8) is 0 Å². The second-order valence-corrected chi connectivity index (χ2v) is 6.04. The number of hydrogen-bond donors (Lipinski definition) is 1. The highest BCUT2D eigenvalue weighted by Crippen LogP contribution is 2.27. The van der Waals surface area contributed by atoms with Crippen LogP contribution in [0.4, 0.5) is 13.6 Å². The van der Waals surface area contributed by atoms with E-state index in [1.807, 2.05) is 0 Å². The second-order valence-electron chi connectivity index (χ2n) is 6.04. The molecule has 1 amide bonds. The van der Waals surface area contributed by atoms with E-state index in [9.17, 15) is 13.6 Å². The number of piperazine rings is 1. The van der Waals surface area contributed by atoms with E-state index in [4.69, 9.17) is 4.74 Å². The maximum atomic E-state index is 14.0. The van der Waals surface area contributed by atoms with Gasteiger partial charge in [-0.05, 0) is 26.8 Å². The number of nitrogens with one attached hydrogen (secondary N) is 1. The van der Waals surface area contributed by atoms with E-state index < -0.39 is 29.4 Å². The summed E-state index contributed by atoms with van der Waals surface area (Å²) in [5.41, 5.74) is -0.472. The number of nitrogens with zero attached hydrogens (tertiary/aromatic N) is 1. The van der Waals surface area contributed by atoms with Crippen LogP contribution in [0.5, 0.6) is 0 Å². The van der Waals surface area contributed by atoms with Gasteiger partial charge < -0.3 is 10.1 Å². The molecule has 1 heterocycles. The molecule has 1 atom stereocenters. The number of benzene rings is 1. The molecule has 1 aliphatic heterocycles. The van der Waals surface area contributed by atoms with E-state index in [1.165, 1.54) is 17.0 Å². The lowest BCUT2D eigenvalue weighted by atomic mass is 10.0. The van der Waals surface area contributed by atoms with Crippen LogP contribution >= 0.6 is 0 Å². The van der Waals surface area contributed by atoms with E-state index in [2.05, 4.69) is 5.32 Å². The molecule has 0 unspecified atom stereocenters. The van der Waals surface area contributed by atoms with Crippen molar-refractivity contribution < 1.29 is 18.3 Å². The first-order valence-electron chi connectivity index (χ1n) is 6.94. The van der Waals surface area contributed by atoms with Crippen LogP contribution in [0.2, 0.25) is 0 Å². The van der Waals surface area contributed by atoms with Gasteiger partial charge in [0, 0.05) is 25.2 Å². The van der Waals surface area contributed by atoms with Crippen molar-refractivity contribution in [1.29, 1.82) is 0 Å². The maximum absolute atomic E-state index is 14.0. The third-order valence-electron chi connectivity index (χ3n) is 3.21. The molecule has 0 aliphatic carbocycles. The third kappa shape index (κ3) is 3.69. The van der Waals surface area contributed by atoms with Crippen LogP contribution in [0.25, 0.3) is 0 Å². The van der Waals surface area contributed by atoms with E-state index in [-0.39, 0.29) is 5.56 Å². The third-order valence-corrected chi connectivity index (χ3v) is 3.21. The number of amides is 1. The topological polar surface area (TPSA) is 41.6 Å². The molecule has 0 saturated carbocycles. The first-order valence-corrected chi connectivity index (χ1v) is 6.94. The van der Waals surface area contributed by atoms with Gasteiger partial charge in [-0.15, -0.1) is 0 Å². The molecule has 1 fully saturated rings. The molecule has 2 rings (SSSR count). The zero-order chi connectivity index (χ0) is 15.6. The van der Waals surface area contributed by atoms with Gasteiger partial charge in [-0.2, -0.15) is 0 Å². The van der Waals surface area contributed by atoms with Gasteiger partial charge in [0.15, 0.2) is 11.6 Å². The Kier molecular flexibility index (Phi) is 4.46. The molecule has 1 aliphatic rings. The Bertz CT molecular complexity index is 529. The molecule has 0 radical (unpaired) electrons. The maximum Gasteiger partial charge on any atom is 0.410 e. The molecule has 0 spiro atoms. The van der Waals surface area contributed by atoms with E-state index in [1.54, 1.807) is 20.8 Å². The van der Waals surface area contributed by atoms with Crippen molar-refractivity contribution in [2.24, 2.45) is 0 Å². The number of carbonyl (C=O) groups excluding carboxylic acids is 1. The fourth-order valence-corrected chi connectivity index (χ4v) is 2.30. The molecule has 1 N–H and O–H groups in total. The van der Waals surface area contributed by atoms with Gasteiger partial charge in [0.2, 0.25) is 0 Å². The van der Waals surface area contributed by atoms with Crippen LogP contribution in [-0.4, -0.2) is 36.2 Å². The number of hydrogen-bond acceptors (Lipinski definition) is 3. The van der Waals surface area contributed by atoms with E-state index in [0.29, 0.717) is 19.6 Å². The highest BCUT2D eigenvalue weighted by Gasteiger charge is 2.33. The van der Waals surface area contributed by atoms with Crippen LogP contribution in [0.3, 0.4) is 0 Å². The van der Waals surface area contributed by atoms with Crippen molar-refractivity contribution in [3.05, 3.63) is 35.4 Å². The Labute approximate surface area is 123 Å². The second kappa shape index (κ2) is 5.97. The lowest BCUT2D eigenvalue weighted by molar-refractivity contribution is 0.0114. The first-order chi connectivity index (χ1) is 9.79. The van der Waals surface area contributed by atoms with Crippen molar-refractivity contribution >= 4 is 6.09 Å². The molecular formula is C15H20F2N2O2. The molecule has 1 aromatic rings. The smallest absolute Gasteiger partial charge is 0.410 e. The SMILES string of the molecule is CC(C)(C)OC(=O)N1CCNC[C@H]1c1cccc(F)c1F. The van der Waals surface area contributed by atoms with Gasteiger partial charge in [0.25, 0.3) is 0 Å². The fraction of sp³-hybridized carbons (Fsp3) is 0.533. The van der Waals surface area contributed by atoms with Gasteiger partial charge >= 0.3 is 6.09 Å². The van der Waals surface area contributed by atoms with Crippen molar-refractivity contribution in [3.8, 4) is 0 Å². The minimum Gasteiger partial charge on any atom is -0.444 e. The fourth-order valence-electron chi connectivity index (χ4n) is 2.30. The predicted octanol–water partition coefficient (Wildman–Crippen LogP) is 2.85. The summed E-state index contributed by atoms with van der Waals surface area (Å²) in [6.07, 6.45) is -0.516. The zero-order valence-electron chi connectivity index (χ0n) is 12.5. The standard InChI is InChI=1S/C15H20F2N2O2/c1-15(2,3)21-14(20)19-8-7-18-9-12(19)10-5-4-6-11(16)13(10)17/h4-6,12,18H,7-9H2,1-3H3/t12-/m0/s1. The lowest BCUT2D eigenvalue weighted by Crippen LogP contribution is -2.50. The largest absolute Gasteiger partial charge is 0.444 e. The van der Waals surface area contributed by atoms with Gasteiger partial charge in [-0.25, -0.2) is 13.6 Å². The minimum absolute atomic E-state index is 0.160. The van der Waals surface area contributed by atoms with Crippen LogP contribution in [-0.2, 0) is 4.74 Å². The van der Waals surface area contributed by atoms with E-state index >= 15 is 0 Å². The Morgan fingerprint density at radius 1 is 1.38 bits per heavy atom. The summed E-state index contributed by atoms with van der Waals surface area (Å²) in [5, 5.41) is 3.09. The summed E-state index contributed by atoms with van der Waals surface area (Å²) in [5.74, 6) is -1.83. The summed E-state index contributed by atoms with van der Waals surface area (Å²) >= 11 is 0.